The van der Waals surface area contributed by atoms with Crippen molar-refractivity contribution >= 4 is 5.91 Å². The normalized spacial score (nSPS) is 11.4. The highest BCUT2D eigenvalue weighted by Gasteiger charge is 2.13. The quantitative estimate of drug-likeness (QED) is 0.797. The number of amides is 1. The van der Waals surface area contributed by atoms with E-state index in [1.54, 1.807) is 39.5 Å². The number of nitrogens with one attached hydrogen (secondary N) is 1. The van der Waals surface area contributed by atoms with Crippen LogP contribution in [0.2, 0.25) is 0 Å². The number of methoxy groups -OCH3 is 3. The zero-order valence-electron chi connectivity index (χ0n) is 14.9. The van der Waals surface area contributed by atoms with Gasteiger partial charge in [0.2, 0.25) is 0 Å². The Hall–Kier alpha value is -2.89. The molecule has 0 bridgehead atoms. The fourth-order valence-corrected chi connectivity index (χ4v) is 2.18. The largest absolute Gasteiger partial charge is 0.497 e. The van der Waals surface area contributed by atoms with Crippen LogP contribution < -0.4 is 24.3 Å². The molecular formula is C19H23NO5. The number of carbonyl (C=O) groups excluding carboxylic acids is 1. The summed E-state index contributed by atoms with van der Waals surface area (Å²) in [7, 11) is 4.70. The van der Waals surface area contributed by atoms with Gasteiger partial charge in [0.15, 0.2) is 0 Å². The molecule has 2 aromatic rings. The first-order valence-corrected chi connectivity index (χ1v) is 7.86. The Balaban J connectivity index is 1.93. The number of rotatable bonds is 8. The van der Waals surface area contributed by atoms with E-state index in [1.165, 1.54) is 0 Å². The molecule has 0 heterocycles. The van der Waals surface area contributed by atoms with Crippen LogP contribution in [0.25, 0.3) is 0 Å². The first-order chi connectivity index (χ1) is 12.0. The van der Waals surface area contributed by atoms with E-state index in [1.807, 2.05) is 31.2 Å². The second kappa shape index (κ2) is 8.82. The Morgan fingerprint density at radius 1 is 0.880 bits per heavy atom. The number of ether oxygens (including phenoxy) is 4. The van der Waals surface area contributed by atoms with Gasteiger partial charge in [-0.2, -0.15) is 0 Å². The summed E-state index contributed by atoms with van der Waals surface area (Å²) < 4.78 is 21.1. The molecule has 0 aliphatic rings. The molecular weight excluding hydrogens is 322 g/mol. The summed E-state index contributed by atoms with van der Waals surface area (Å²) in [5.74, 6) is 2.38. The maximum atomic E-state index is 12.4. The van der Waals surface area contributed by atoms with Gasteiger partial charge >= 0.3 is 0 Å². The zero-order valence-corrected chi connectivity index (χ0v) is 14.9. The molecule has 0 saturated carbocycles. The second-order valence-corrected chi connectivity index (χ2v) is 5.46. The molecule has 134 valence electrons. The fraction of sp³-hybridized carbons (Fsp3) is 0.316. The van der Waals surface area contributed by atoms with Crippen LogP contribution >= 0.6 is 0 Å². The molecule has 0 saturated heterocycles. The van der Waals surface area contributed by atoms with Crippen molar-refractivity contribution in [1.29, 1.82) is 0 Å². The van der Waals surface area contributed by atoms with Crippen molar-refractivity contribution in [2.24, 2.45) is 0 Å². The molecule has 0 fully saturated rings. The summed E-state index contributed by atoms with van der Waals surface area (Å²) in [5, 5.41) is 2.89. The van der Waals surface area contributed by atoms with Gasteiger partial charge < -0.3 is 24.3 Å². The summed E-state index contributed by atoms with van der Waals surface area (Å²) in [4.78, 5) is 12.4. The van der Waals surface area contributed by atoms with Crippen LogP contribution in [0.1, 0.15) is 17.3 Å². The Kier molecular flexibility index (Phi) is 6.51. The lowest BCUT2D eigenvalue weighted by Crippen LogP contribution is -2.36. The molecule has 1 N–H and O–H groups in total. The van der Waals surface area contributed by atoms with Gasteiger partial charge in [0.05, 0.1) is 27.4 Å². The first-order valence-electron chi connectivity index (χ1n) is 7.86. The van der Waals surface area contributed by atoms with Crippen LogP contribution in [-0.4, -0.2) is 39.9 Å². The Bertz CT molecular complexity index is 677. The van der Waals surface area contributed by atoms with Gasteiger partial charge in [-0.05, 0) is 43.3 Å². The molecule has 0 radical (unpaired) electrons. The van der Waals surface area contributed by atoms with Crippen molar-refractivity contribution < 1.29 is 23.7 Å². The maximum Gasteiger partial charge on any atom is 0.251 e. The minimum Gasteiger partial charge on any atom is -0.497 e. The third-order valence-electron chi connectivity index (χ3n) is 3.55. The van der Waals surface area contributed by atoms with Crippen LogP contribution in [0.5, 0.6) is 23.0 Å². The van der Waals surface area contributed by atoms with Crippen LogP contribution in [0.3, 0.4) is 0 Å². The molecule has 0 unspecified atom stereocenters. The smallest absolute Gasteiger partial charge is 0.251 e. The zero-order chi connectivity index (χ0) is 18.2. The lowest BCUT2D eigenvalue weighted by Gasteiger charge is -2.16. The highest BCUT2D eigenvalue weighted by molar-refractivity contribution is 5.95. The van der Waals surface area contributed by atoms with Crippen LogP contribution in [0.4, 0.5) is 0 Å². The molecule has 6 heteroatoms. The van der Waals surface area contributed by atoms with Gasteiger partial charge in [-0.25, -0.2) is 0 Å². The fourth-order valence-electron chi connectivity index (χ4n) is 2.18. The van der Waals surface area contributed by atoms with Crippen molar-refractivity contribution in [3.05, 3.63) is 48.0 Å². The lowest BCUT2D eigenvalue weighted by molar-refractivity contribution is 0.0926. The molecule has 6 nitrogen and oxygen atoms in total. The highest BCUT2D eigenvalue weighted by atomic mass is 16.5. The van der Waals surface area contributed by atoms with E-state index in [0.29, 0.717) is 29.4 Å². The van der Waals surface area contributed by atoms with Crippen LogP contribution in [0.15, 0.2) is 42.5 Å². The standard InChI is InChI=1S/C19H23NO5/c1-13(12-25-16-7-5-15(22-2)6-8-16)20-19(21)14-9-17(23-3)11-18(10-14)24-4/h5-11,13H,12H2,1-4H3,(H,20,21)/t13-/m1/s1. The van der Waals surface area contributed by atoms with Gasteiger partial charge in [-0.15, -0.1) is 0 Å². The van der Waals surface area contributed by atoms with Crippen LogP contribution in [0, 0.1) is 0 Å². The van der Waals surface area contributed by atoms with Crippen molar-refractivity contribution in [3.63, 3.8) is 0 Å². The number of hydrogen-bond acceptors (Lipinski definition) is 5. The van der Waals surface area contributed by atoms with E-state index in [-0.39, 0.29) is 11.9 Å². The maximum absolute atomic E-state index is 12.4. The predicted molar refractivity (Wildman–Crippen MR) is 95.0 cm³/mol. The minimum absolute atomic E-state index is 0.174. The Morgan fingerprint density at radius 3 is 1.92 bits per heavy atom. The van der Waals surface area contributed by atoms with Crippen LogP contribution in [-0.2, 0) is 0 Å². The molecule has 0 aromatic heterocycles. The SMILES string of the molecule is COc1ccc(OC[C@@H](C)NC(=O)c2cc(OC)cc(OC)c2)cc1. The van der Waals surface area contributed by atoms with Gasteiger partial charge in [0.25, 0.3) is 5.91 Å². The molecule has 0 aliphatic carbocycles. The lowest BCUT2D eigenvalue weighted by atomic mass is 10.1. The summed E-state index contributed by atoms with van der Waals surface area (Å²) in [5.41, 5.74) is 0.465. The summed E-state index contributed by atoms with van der Waals surface area (Å²) in [6.45, 7) is 2.22. The molecule has 2 rings (SSSR count). The van der Waals surface area contributed by atoms with Gasteiger partial charge in [0, 0.05) is 11.6 Å². The molecule has 2 aromatic carbocycles. The van der Waals surface area contributed by atoms with Gasteiger partial charge in [-0.1, -0.05) is 0 Å². The molecule has 0 spiro atoms. The monoisotopic (exact) mass is 345 g/mol. The Morgan fingerprint density at radius 2 is 1.40 bits per heavy atom. The van der Waals surface area contributed by atoms with E-state index in [2.05, 4.69) is 5.32 Å². The molecule has 25 heavy (non-hydrogen) atoms. The summed E-state index contributed by atoms with van der Waals surface area (Å²) >= 11 is 0. The third-order valence-corrected chi connectivity index (χ3v) is 3.55. The number of hydrogen-bond donors (Lipinski definition) is 1. The van der Waals surface area contributed by atoms with Crippen molar-refractivity contribution in [2.45, 2.75) is 13.0 Å². The van der Waals surface area contributed by atoms with E-state index < -0.39 is 0 Å². The van der Waals surface area contributed by atoms with E-state index >= 15 is 0 Å². The second-order valence-electron chi connectivity index (χ2n) is 5.46. The average molecular weight is 345 g/mol. The minimum atomic E-state index is -0.219. The van der Waals surface area contributed by atoms with E-state index in [9.17, 15) is 4.79 Å². The molecule has 1 atom stereocenters. The van der Waals surface area contributed by atoms with Crippen molar-refractivity contribution in [3.8, 4) is 23.0 Å². The van der Waals surface area contributed by atoms with Gasteiger partial charge in [0.1, 0.15) is 29.6 Å². The molecule has 0 aliphatic heterocycles. The summed E-state index contributed by atoms with van der Waals surface area (Å²) in [6.07, 6.45) is 0. The van der Waals surface area contributed by atoms with Crippen molar-refractivity contribution in [1.82, 2.24) is 5.32 Å². The van der Waals surface area contributed by atoms with E-state index in [4.69, 9.17) is 18.9 Å². The summed E-state index contributed by atoms with van der Waals surface area (Å²) in [6, 6.07) is 12.1. The van der Waals surface area contributed by atoms with Gasteiger partial charge in [-0.3, -0.25) is 4.79 Å². The van der Waals surface area contributed by atoms with Crippen molar-refractivity contribution in [2.75, 3.05) is 27.9 Å². The first kappa shape index (κ1) is 18.4. The number of carbonyl (C=O) groups is 1. The highest BCUT2D eigenvalue weighted by Crippen LogP contribution is 2.22. The topological polar surface area (TPSA) is 66.0 Å². The average Bonchev–Trinajstić information content (AvgIpc) is 2.66. The molecule has 1 amide bonds. The Labute approximate surface area is 147 Å². The van der Waals surface area contributed by atoms with E-state index in [0.717, 1.165) is 5.75 Å². The third kappa shape index (κ3) is 5.31. The predicted octanol–water partition coefficient (Wildman–Crippen LogP) is 2.91. The number of benzene rings is 2.